The third kappa shape index (κ3) is 3.71. The number of nitrogens with one attached hydrogen (secondary N) is 1. The van der Waals surface area contributed by atoms with Crippen molar-refractivity contribution < 1.29 is 0 Å². The van der Waals surface area contributed by atoms with E-state index in [0.717, 1.165) is 18.0 Å². The largest absolute Gasteiger partial charge is 0.311 e. The van der Waals surface area contributed by atoms with Crippen LogP contribution in [0.5, 0.6) is 0 Å². The first kappa shape index (κ1) is 14.3. The number of piperidine rings is 1. The topological polar surface area (TPSA) is 15.3 Å². The summed E-state index contributed by atoms with van der Waals surface area (Å²) in [6.45, 7) is 13.4. The molecule has 1 saturated carbocycles. The number of likely N-dealkylation sites (tertiary alicyclic amines) is 1. The third-order valence-corrected chi connectivity index (χ3v) is 5.18. The molecule has 2 aliphatic rings. The molecule has 2 rings (SSSR count). The van der Waals surface area contributed by atoms with Gasteiger partial charge in [0.2, 0.25) is 0 Å². The van der Waals surface area contributed by atoms with E-state index in [4.69, 9.17) is 0 Å². The second-order valence-electron chi connectivity index (χ2n) is 7.37. The summed E-state index contributed by atoms with van der Waals surface area (Å²) in [5, 5.41) is 3.96. The van der Waals surface area contributed by atoms with Gasteiger partial charge in [0.1, 0.15) is 0 Å². The first-order valence-electron chi connectivity index (χ1n) is 7.98. The van der Waals surface area contributed by atoms with Crippen LogP contribution in [0.3, 0.4) is 0 Å². The fourth-order valence-corrected chi connectivity index (χ4v) is 3.91. The smallest absolute Gasteiger partial charge is 0.00957 e. The molecule has 0 amide bonds. The standard InChI is InChI=1S/C16H32N2/c1-5-18-10-7-14(8-11-18)17-15-6-9-16(3,4)12-13(15)2/h13-15,17H,5-12H2,1-4H3. The van der Waals surface area contributed by atoms with E-state index in [1.165, 1.54) is 51.7 Å². The van der Waals surface area contributed by atoms with E-state index in [0.29, 0.717) is 5.41 Å². The van der Waals surface area contributed by atoms with Crippen molar-refractivity contribution in [2.24, 2.45) is 11.3 Å². The Hall–Kier alpha value is -0.0800. The Balaban J connectivity index is 1.77. The average molecular weight is 252 g/mol. The summed E-state index contributed by atoms with van der Waals surface area (Å²) < 4.78 is 0. The molecule has 1 aliphatic heterocycles. The van der Waals surface area contributed by atoms with Crippen molar-refractivity contribution in [2.45, 2.75) is 71.9 Å². The molecule has 1 N–H and O–H groups in total. The highest BCUT2D eigenvalue weighted by Crippen LogP contribution is 2.38. The van der Waals surface area contributed by atoms with Crippen molar-refractivity contribution >= 4 is 0 Å². The third-order valence-electron chi connectivity index (χ3n) is 5.18. The first-order valence-corrected chi connectivity index (χ1v) is 7.98. The van der Waals surface area contributed by atoms with Crippen molar-refractivity contribution in [3.63, 3.8) is 0 Å². The van der Waals surface area contributed by atoms with Crippen LogP contribution in [0.25, 0.3) is 0 Å². The fraction of sp³-hybridized carbons (Fsp3) is 1.00. The zero-order valence-electron chi connectivity index (χ0n) is 12.8. The van der Waals surface area contributed by atoms with Gasteiger partial charge < -0.3 is 10.2 Å². The van der Waals surface area contributed by atoms with Gasteiger partial charge in [0.05, 0.1) is 0 Å². The van der Waals surface area contributed by atoms with E-state index in [-0.39, 0.29) is 0 Å². The van der Waals surface area contributed by atoms with Crippen molar-refractivity contribution in [3.05, 3.63) is 0 Å². The van der Waals surface area contributed by atoms with Crippen LogP contribution in [0, 0.1) is 11.3 Å². The lowest BCUT2D eigenvalue weighted by Crippen LogP contribution is -2.50. The second kappa shape index (κ2) is 5.92. The van der Waals surface area contributed by atoms with Gasteiger partial charge in [0.15, 0.2) is 0 Å². The molecule has 1 saturated heterocycles. The second-order valence-corrected chi connectivity index (χ2v) is 7.37. The Bertz CT molecular complexity index is 254. The summed E-state index contributed by atoms with van der Waals surface area (Å²) in [6.07, 6.45) is 6.85. The maximum atomic E-state index is 3.96. The van der Waals surface area contributed by atoms with E-state index >= 15 is 0 Å². The predicted molar refractivity (Wildman–Crippen MR) is 78.9 cm³/mol. The molecular formula is C16H32N2. The molecule has 2 fully saturated rings. The van der Waals surface area contributed by atoms with E-state index < -0.39 is 0 Å². The molecule has 0 bridgehead atoms. The molecule has 2 atom stereocenters. The van der Waals surface area contributed by atoms with Gasteiger partial charge in [-0.1, -0.05) is 27.7 Å². The highest BCUT2D eigenvalue weighted by atomic mass is 15.1. The molecule has 2 unspecified atom stereocenters. The molecular weight excluding hydrogens is 220 g/mol. The Morgan fingerprint density at radius 3 is 2.39 bits per heavy atom. The van der Waals surface area contributed by atoms with E-state index in [1.807, 2.05) is 0 Å². The molecule has 0 spiro atoms. The summed E-state index contributed by atoms with van der Waals surface area (Å²) in [4.78, 5) is 2.57. The monoisotopic (exact) mass is 252 g/mol. The quantitative estimate of drug-likeness (QED) is 0.829. The maximum Gasteiger partial charge on any atom is 0.00957 e. The van der Waals surface area contributed by atoms with Crippen LogP contribution in [-0.2, 0) is 0 Å². The number of hydrogen-bond donors (Lipinski definition) is 1. The lowest BCUT2D eigenvalue weighted by Gasteiger charge is -2.42. The molecule has 1 heterocycles. The lowest BCUT2D eigenvalue weighted by molar-refractivity contribution is 0.124. The Kier molecular flexibility index (Phi) is 4.71. The maximum absolute atomic E-state index is 3.96. The first-order chi connectivity index (χ1) is 8.50. The van der Waals surface area contributed by atoms with Crippen LogP contribution in [0.2, 0.25) is 0 Å². The van der Waals surface area contributed by atoms with Crippen molar-refractivity contribution in [1.82, 2.24) is 10.2 Å². The van der Waals surface area contributed by atoms with Gasteiger partial charge in [-0.15, -0.1) is 0 Å². The molecule has 2 heteroatoms. The fourth-order valence-electron chi connectivity index (χ4n) is 3.91. The van der Waals surface area contributed by atoms with Crippen LogP contribution in [-0.4, -0.2) is 36.6 Å². The van der Waals surface area contributed by atoms with Gasteiger partial charge in [0, 0.05) is 12.1 Å². The minimum atomic E-state index is 0.573. The predicted octanol–water partition coefficient (Wildman–Crippen LogP) is 3.28. The molecule has 18 heavy (non-hydrogen) atoms. The van der Waals surface area contributed by atoms with Crippen molar-refractivity contribution in [2.75, 3.05) is 19.6 Å². The molecule has 0 aromatic carbocycles. The van der Waals surface area contributed by atoms with Gasteiger partial charge in [-0.2, -0.15) is 0 Å². The number of hydrogen-bond acceptors (Lipinski definition) is 2. The van der Waals surface area contributed by atoms with Crippen LogP contribution >= 0.6 is 0 Å². The molecule has 106 valence electrons. The van der Waals surface area contributed by atoms with Crippen LogP contribution < -0.4 is 5.32 Å². The van der Waals surface area contributed by atoms with Crippen LogP contribution in [0.15, 0.2) is 0 Å². The van der Waals surface area contributed by atoms with Gasteiger partial charge in [-0.05, 0) is 63.1 Å². The van der Waals surface area contributed by atoms with E-state index in [1.54, 1.807) is 0 Å². The highest BCUT2D eigenvalue weighted by Gasteiger charge is 2.33. The van der Waals surface area contributed by atoms with Crippen LogP contribution in [0.1, 0.15) is 59.8 Å². The number of nitrogens with zero attached hydrogens (tertiary/aromatic N) is 1. The molecule has 0 aromatic heterocycles. The summed E-state index contributed by atoms with van der Waals surface area (Å²) in [5.41, 5.74) is 0.573. The SMILES string of the molecule is CCN1CCC(NC2CCC(C)(C)CC2C)CC1. The van der Waals surface area contributed by atoms with Gasteiger partial charge in [-0.25, -0.2) is 0 Å². The molecule has 1 aliphatic carbocycles. The minimum absolute atomic E-state index is 0.573. The summed E-state index contributed by atoms with van der Waals surface area (Å²) in [6, 6.07) is 1.55. The summed E-state index contributed by atoms with van der Waals surface area (Å²) in [7, 11) is 0. The molecule has 2 nitrogen and oxygen atoms in total. The van der Waals surface area contributed by atoms with E-state index in [2.05, 4.69) is 37.9 Å². The number of rotatable bonds is 3. The zero-order valence-corrected chi connectivity index (χ0v) is 12.8. The van der Waals surface area contributed by atoms with Crippen molar-refractivity contribution in [3.8, 4) is 0 Å². The Labute approximate surface area is 114 Å². The van der Waals surface area contributed by atoms with E-state index in [9.17, 15) is 0 Å². The van der Waals surface area contributed by atoms with Crippen LogP contribution in [0.4, 0.5) is 0 Å². The van der Waals surface area contributed by atoms with Gasteiger partial charge >= 0.3 is 0 Å². The molecule has 0 radical (unpaired) electrons. The zero-order chi connectivity index (χ0) is 13.2. The average Bonchev–Trinajstić information content (AvgIpc) is 2.33. The summed E-state index contributed by atoms with van der Waals surface area (Å²) in [5.74, 6) is 0.845. The lowest BCUT2D eigenvalue weighted by atomic mass is 9.70. The van der Waals surface area contributed by atoms with Crippen molar-refractivity contribution in [1.29, 1.82) is 0 Å². The van der Waals surface area contributed by atoms with Gasteiger partial charge in [0.25, 0.3) is 0 Å². The molecule has 0 aromatic rings. The Morgan fingerprint density at radius 2 is 1.83 bits per heavy atom. The summed E-state index contributed by atoms with van der Waals surface area (Å²) >= 11 is 0. The minimum Gasteiger partial charge on any atom is -0.311 e. The highest BCUT2D eigenvalue weighted by molar-refractivity contribution is 4.89. The van der Waals surface area contributed by atoms with Gasteiger partial charge in [-0.3, -0.25) is 0 Å². The normalized spacial score (nSPS) is 34.7. The Morgan fingerprint density at radius 1 is 1.17 bits per heavy atom.